The molecule has 3 rings (SSSR count). The smallest absolute Gasteiger partial charge is 0.142 e. The Hall–Kier alpha value is -2.42. The van der Waals surface area contributed by atoms with Crippen molar-refractivity contribution in [3.63, 3.8) is 0 Å². The molecule has 0 bridgehead atoms. The Morgan fingerprint density at radius 2 is 1.81 bits per heavy atom. The van der Waals surface area contributed by atoms with E-state index in [2.05, 4.69) is 34.7 Å². The highest BCUT2D eigenvalue weighted by molar-refractivity contribution is 5.83. The number of nitrogens with one attached hydrogen (secondary N) is 2. The highest BCUT2D eigenvalue weighted by Gasteiger charge is 2.06. The summed E-state index contributed by atoms with van der Waals surface area (Å²) < 4.78 is 5.83. The molecule has 0 saturated heterocycles. The number of aromatic amines is 1. The van der Waals surface area contributed by atoms with Crippen LogP contribution in [0.2, 0.25) is 0 Å². The van der Waals surface area contributed by atoms with E-state index in [1.54, 1.807) is 0 Å². The van der Waals surface area contributed by atoms with Gasteiger partial charge in [-0.25, -0.2) is 0 Å². The number of anilines is 1. The second kappa shape index (κ2) is 5.92. The third kappa shape index (κ3) is 3.02. The molecule has 0 amide bonds. The van der Waals surface area contributed by atoms with Crippen LogP contribution in [-0.4, -0.2) is 11.1 Å². The summed E-state index contributed by atoms with van der Waals surface area (Å²) in [6.07, 6.45) is 2.23. The van der Waals surface area contributed by atoms with E-state index < -0.39 is 0 Å². The molecule has 0 aliphatic carbocycles. The van der Waals surface area contributed by atoms with E-state index in [1.807, 2.05) is 44.2 Å². The van der Waals surface area contributed by atoms with Crippen LogP contribution in [0, 0.1) is 0 Å². The first kappa shape index (κ1) is 13.6. The Labute approximate surface area is 125 Å². The van der Waals surface area contributed by atoms with Crippen LogP contribution in [-0.2, 0) is 6.54 Å². The first-order valence-electron chi connectivity index (χ1n) is 7.28. The van der Waals surface area contributed by atoms with Crippen molar-refractivity contribution in [3.05, 3.63) is 60.3 Å². The fourth-order valence-corrected chi connectivity index (χ4v) is 2.44. The fourth-order valence-electron chi connectivity index (χ4n) is 2.44. The number of aromatic nitrogens is 1. The Morgan fingerprint density at radius 1 is 1.05 bits per heavy atom. The monoisotopic (exact) mass is 280 g/mol. The molecule has 3 nitrogen and oxygen atoms in total. The fraction of sp³-hybridized carbons (Fsp3) is 0.222. The average molecular weight is 280 g/mol. The zero-order chi connectivity index (χ0) is 14.7. The quantitative estimate of drug-likeness (QED) is 0.718. The molecule has 21 heavy (non-hydrogen) atoms. The van der Waals surface area contributed by atoms with Gasteiger partial charge in [-0.05, 0) is 37.6 Å². The molecule has 0 atom stereocenters. The van der Waals surface area contributed by atoms with E-state index in [0.29, 0.717) is 0 Å². The molecule has 0 aliphatic rings. The first-order valence-corrected chi connectivity index (χ1v) is 7.28. The minimum absolute atomic E-state index is 0.168. The minimum Gasteiger partial charge on any atom is -0.489 e. The molecule has 2 N–H and O–H groups in total. The van der Waals surface area contributed by atoms with Gasteiger partial charge in [0.2, 0.25) is 0 Å². The van der Waals surface area contributed by atoms with Crippen molar-refractivity contribution < 1.29 is 4.74 Å². The molecule has 0 aliphatic heterocycles. The number of benzene rings is 2. The third-order valence-corrected chi connectivity index (χ3v) is 3.39. The molecule has 1 aromatic heterocycles. The van der Waals surface area contributed by atoms with Crippen LogP contribution in [0.4, 0.5) is 5.69 Å². The van der Waals surface area contributed by atoms with Crippen LogP contribution < -0.4 is 10.1 Å². The van der Waals surface area contributed by atoms with Gasteiger partial charge in [0.15, 0.2) is 0 Å². The highest BCUT2D eigenvalue weighted by Crippen LogP contribution is 2.26. The molecule has 0 fully saturated rings. The van der Waals surface area contributed by atoms with Crippen molar-refractivity contribution in [2.75, 3.05) is 5.32 Å². The second-order valence-corrected chi connectivity index (χ2v) is 5.38. The summed E-state index contributed by atoms with van der Waals surface area (Å²) in [6, 6.07) is 16.4. The van der Waals surface area contributed by atoms with E-state index >= 15 is 0 Å². The number of hydrogen-bond donors (Lipinski definition) is 2. The van der Waals surface area contributed by atoms with Crippen molar-refractivity contribution in [1.29, 1.82) is 0 Å². The summed E-state index contributed by atoms with van der Waals surface area (Å²) in [5.74, 6) is 0.896. The second-order valence-electron chi connectivity index (χ2n) is 5.38. The van der Waals surface area contributed by atoms with Crippen molar-refractivity contribution in [1.82, 2.24) is 4.98 Å². The Balaban J connectivity index is 1.79. The van der Waals surface area contributed by atoms with Gasteiger partial charge in [-0.15, -0.1) is 0 Å². The maximum Gasteiger partial charge on any atom is 0.142 e. The van der Waals surface area contributed by atoms with Crippen LogP contribution >= 0.6 is 0 Å². The van der Waals surface area contributed by atoms with E-state index in [1.165, 1.54) is 16.5 Å². The van der Waals surface area contributed by atoms with Gasteiger partial charge in [0.05, 0.1) is 11.8 Å². The van der Waals surface area contributed by atoms with Gasteiger partial charge in [0.25, 0.3) is 0 Å². The zero-order valence-electron chi connectivity index (χ0n) is 12.4. The zero-order valence-corrected chi connectivity index (χ0v) is 12.4. The van der Waals surface area contributed by atoms with Gasteiger partial charge in [0, 0.05) is 23.6 Å². The topological polar surface area (TPSA) is 37.0 Å². The molecular weight excluding hydrogens is 260 g/mol. The molecule has 0 unspecified atom stereocenters. The lowest BCUT2D eigenvalue weighted by Crippen LogP contribution is -2.08. The maximum absolute atomic E-state index is 5.83. The highest BCUT2D eigenvalue weighted by atomic mass is 16.5. The standard InChI is InChI=1S/C18H20N2O/c1-13(2)21-18-10-6-5-9-17(18)20-12-14-11-19-16-8-4-3-7-15(14)16/h3-11,13,19-20H,12H2,1-2H3. The number of H-pyrrole nitrogens is 1. The SMILES string of the molecule is CC(C)Oc1ccccc1NCc1c[nH]c2ccccc12. The lowest BCUT2D eigenvalue weighted by Gasteiger charge is -2.15. The summed E-state index contributed by atoms with van der Waals surface area (Å²) in [4.78, 5) is 3.30. The summed E-state index contributed by atoms with van der Waals surface area (Å²) in [5, 5.41) is 4.72. The van der Waals surface area contributed by atoms with E-state index in [0.717, 1.165) is 18.0 Å². The predicted octanol–water partition coefficient (Wildman–Crippen LogP) is 4.57. The van der Waals surface area contributed by atoms with Gasteiger partial charge < -0.3 is 15.0 Å². The number of rotatable bonds is 5. The van der Waals surface area contributed by atoms with Gasteiger partial charge in [-0.3, -0.25) is 0 Å². The van der Waals surface area contributed by atoms with E-state index in [-0.39, 0.29) is 6.10 Å². The van der Waals surface area contributed by atoms with Gasteiger partial charge in [-0.1, -0.05) is 30.3 Å². The molecular formula is C18H20N2O. The van der Waals surface area contributed by atoms with Crippen molar-refractivity contribution in [2.45, 2.75) is 26.5 Å². The largest absolute Gasteiger partial charge is 0.489 e. The Morgan fingerprint density at radius 3 is 2.67 bits per heavy atom. The van der Waals surface area contributed by atoms with E-state index in [4.69, 9.17) is 4.74 Å². The minimum atomic E-state index is 0.168. The molecule has 0 radical (unpaired) electrons. The molecule has 2 aromatic carbocycles. The third-order valence-electron chi connectivity index (χ3n) is 3.39. The van der Waals surface area contributed by atoms with Crippen molar-refractivity contribution in [2.24, 2.45) is 0 Å². The molecule has 3 aromatic rings. The summed E-state index contributed by atoms with van der Waals surface area (Å²) in [6.45, 7) is 4.84. The molecule has 0 saturated carbocycles. The van der Waals surface area contributed by atoms with Crippen LogP contribution in [0.15, 0.2) is 54.7 Å². The molecule has 108 valence electrons. The van der Waals surface area contributed by atoms with Gasteiger partial charge >= 0.3 is 0 Å². The summed E-state index contributed by atoms with van der Waals surface area (Å²) in [7, 11) is 0. The predicted molar refractivity (Wildman–Crippen MR) is 87.8 cm³/mol. The lowest BCUT2D eigenvalue weighted by molar-refractivity contribution is 0.243. The number of fused-ring (bicyclic) bond motifs is 1. The van der Waals surface area contributed by atoms with Gasteiger partial charge in [0.1, 0.15) is 5.75 Å². The Kier molecular flexibility index (Phi) is 3.82. The first-order chi connectivity index (χ1) is 10.2. The van der Waals surface area contributed by atoms with Crippen molar-refractivity contribution in [3.8, 4) is 5.75 Å². The Bertz CT molecular complexity index is 731. The van der Waals surface area contributed by atoms with Gasteiger partial charge in [-0.2, -0.15) is 0 Å². The van der Waals surface area contributed by atoms with Crippen LogP contribution in [0.25, 0.3) is 10.9 Å². The molecule has 1 heterocycles. The number of ether oxygens (including phenoxy) is 1. The number of para-hydroxylation sites is 3. The molecule has 3 heteroatoms. The van der Waals surface area contributed by atoms with Crippen molar-refractivity contribution >= 4 is 16.6 Å². The maximum atomic E-state index is 5.83. The summed E-state index contributed by atoms with van der Waals surface area (Å²) in [5.41, 5.74) is 3.45. The summed E-state index contributed by atoms with van der Waals surface area (Å²) >= 11 is 0. The normalized spacial score (nSPS) is 11.0. The molecule has 0 spiro atoms. The van der Waals surface area contributed by atoms with Crippen LogP contribution in [0.1, 0.15) is 19.4 Å². The van der Waals surface area contributed by atoms with Crippen LogP contribution in [0.5, 0.6) is 5.75 Å². The van der Waals surface area contributed by atoms with E-state index in [9.17, 15) is 0 Å². The lowest BCUT2D eigenvalue weighted by atomic mass is 10.1. The van der Waals surface area contributed by atoms with Crippen LogP contribution in [0.3, 0.4) is 0 Å². The number of hydrogen-bond acceptors (Lipinski definition) is 2. The average Bonchev–Trinajstić information content (AvgIpc) is 2.89.